The van der Waals surface area contributed by atoms with Crippen LogP contribution in [0, 0.1) is 81.4 Å². The van der Waals surface area contributed by atoms with Crippen LogP contribution in [0.3, 0.4) is 0 Å². The topological polar surface area (TPSA) is 7.76 Å². The van der Waals surface area contributed by atoms with Crippen molar-refractivity contribution >= 4 is 48.1 Å². The van der Waals surface area contributed by atoms with Gasteiger partial charge in [0.05, 0.1) is 0 Å². The Bertz CT molecular complexity index is 2740. The zero-order valence-corrected chi connectivity index (χ0v) is 32.0. The van der Waals surface area contributed by atoms with Crippen LogP contribution in [0.1, 0.15) is 11.1 Å². The van der Waals surface area contributed by atoms with Gasteiger partial charge in [-0.1, -0.05) is 78.2 Å². The van der Waals surface area contributed by atoms with Gasteiger partial charge in [-0.05, 0) is 35.4 Å². The predicted octanol–water partition coefficient (Wildman–Crippen LogP) is 7.95. The molecule has 6 aromatic rings. The van der Waals surface area contributed by atoms with Gasteiger partial charge >= 0.3 is 6.42 Å². The van der Waals surface area contributed by atoms with Crippen LogP contribution in [-0.2, 0) is 0 Å². The van der Waals surface area contributed by atoms with E-state index >= 15 is 52.7 Å². The largest absolute Gasteiger partial charge is 0.593 e. The lowest BCUT2D eigenvalue weighted by Gasteiger charge is -2.44. The summed E-state index contributed by atoms with van der Waals surface area (Å²) >= 11 is 0. The number of allylic oxidation sites excluding steroid dienone is 2. The van der Waals surface area contributed by atoms with Crippen LogP contribution >= 0.6 is 0 Å². The number of nitrogens with zero attached hydrogens (tertiary/aromatic N) is 2. The number of hydrogen-bond acceptors (Lipinski definition) is 0. The fourth-order valence-electron chi connectivity index (χ4n) is 9.79. The minimum atomic E-state index is -5.65. The van der Waals surface area contributed by atoms with E-state index < -0.39 is 141 Å². The van der Waals surface area contributed by atoms with Crippen molar-refractivity contribution in [1.82, 2.24) is 0 Å². The van der Waals surface area contributed by atoms with E-state index in [0.717, 1.165) is 0 Å². The zero-order valence-electron chi connectivity index (χ0n) is 31.0. The molecule has 0 N–H and O–H groups in total. The molecule has 2 aliphatic rings. The first-order valence-corrected chi connectivity index (χ1v) is 21.5. The summed E-state index contributed by atoms with van der Waals surface area (Å²) in [6.07, 6.45) is -3.27. The maximum Gasteiger partial charge on any atom is 0.593 e. The number of fused-ring (bicyclic) bond motifs is 3. The third kappa shape index (κ3) is 5.03. The minimum Gasteiger partial charge on any atom is -0.353 e. The molecule has 0 fully saturated rings. The molecule has 60 heavy (non-hydrogen) atoms. The molecule has 0 saturated heterocycles. The highest BCUT2D eigenvalue weighted by Gasteiger charge is 2.68. The van der Waals surface area contributed by atoms with E-state index in [4.69, 9.17) is 0 Å². The Morgan fingerprint density at radius 1 is 0.383 bits per heavy atom. The van der Waals surface area contributed by atoms with Gasteiger partial charge in [-0.3, -0.25) is 0 Å². The molecule has 306 valence electrons. The molecular formula is C41H24B2F14N2Si. The first-order valence-electron chi connectivity index (χ1n) is 18.0. The van der Waals surface area contributed by atoms with Crippen molar-refractivity contribution in [2.45, 2.75) is 19.6 Å². The van der Waals surface area contributed by atoms with Gasteiger partial charge in [-0.2, -0.15) is 0 Å². The summed E-state index contributed by atoms with van der Waals surface area (Å²) in [5.41, 5.74) is -10.9. The standard InChI is InChI=1S/C41H24B2F14N2Si/c1-60(2,3)41-21-20-24(28(45)34(51)33(50)27(20)44)42(25-29(46)35(52)39(56)36(53)30(25)47,26-31(48)37(54)40(57)38(55)32(26)49)23(21)22(19-13-7-4-8-14-19)43(41,58-15-9-5-10-16-58)59-17-11-6-12-18-59/h4-18H,1-3H3. The second-order valence-corrected chi connectivity index (χ2v) is 20.6. The van der Waals surface area contributed by atoms with Gasteiger partial charge in [-0.15, -0.1) is 16.4 Å². The fourth-order valence-corrected chi connectivity index (χ4v) is 12.4. The van der Waals surface area contributed by atoms with E-state index in [1.165, 1.54) is 88.3 Å². The highest BCUT2D eigenvalue weighted by Crippen LogP contribution is 2.56. The average molecular weight is 860 g/mol. The second-order valence-electron chi connectivity index (χ2n) is 15.5. The molecule has 0 atom stereocenters. The molecule has 0 amide bonds. The summed E-state index contributed by atoms with van der Waals surface area (Å²) < 4.78 is 230. The molecule has 0 spiro atoms. The van der Waals surface area contributed by atoms with E-state index in [9.17, 15) is 8.78 Å². The third-order valence-corrected chi connectivity index (χ3v) is 13.9. The van der Waals surface area contributed by atoms with Crippen molar-refractivity contribution in [1.29, 1.82) is 0 Å². The number of aromatic nitrogens is 2. The summed E-state index contributed by atoms with van der Waals surface area (Å²) in [5, 5.41) is -0.0780. The number of halogens is 14. The van der Waals surface area contributed by atoms with Crippen LogP contribution in [0.5, 0.6) is 0 Å². The Morgan fingerprint density at radius 3 is 1.10 bits per heavy atom. The predicted molar refractivity (Wildman–Crippen MR) is 197 cm³/mol. The van der Waals surface area contributed by atoms with Crippen LogP contribution in [0.15, 0.2) is 102 Å². The maximum absolute atomic E-state index is 17.2. The van der Waals surface area contributed by atoms with Crippen LogP contribution in [0.4, 0.5) is 61.5 Å². The molecule has 19 heteroatoms. The highest BCUT2D eigenvalue weighted by atomic mass is 28.3. The molecule has 4 heterocycles. The molecule has 0 saturated carbocycles. The van der Waals surface area contributed by atoms with Gasteiger partial charge in [-0.25, -0.2) is 66.9 Å². The molecule has 0 aliphatic carbocycles. The SMILES string of the molecule is C[Si](C)(C)C1=C2C(=C(c3ccccc3)[B-]1([n+]1ccccc1)[n+]1ccccc1)[B-](c1c(F)c(F)c(F)c(F)c1F)(c1c(F)c(F)c(F)c(F)c1F)c1c(F)c(F)c(F)c(F)c12. The highest BCUT2D eigenvalue weighted by molar-refractivity contribution is 7.24. The van der Waals surface area contributed by atoms with Crippen molar-refractivity contribution in [2.24, 2.45) is 0 Å². The van der Waals surface area contributed by atoms with Gasteiger partial charge in [0, 0.05) is 8.07 Å². The van der Waals surface area contributed by atoms with Crippen LogP contribution in [-0.4, -0.2) is 20.6 Å². The van der Waals surface area contributed by atoms with Gasteiger partial charge < -0.3 is 8.96 Å². The lowest BCUT2D eigenvalue weighted by molar-refractivity contribution is -0.681. The van der Waals surface area contributed by atoms with Crippen molar-refractivity contribution in [3.05, 3.63) is 195 Å². The fraction of sp³-hybridized carbons (Fsp3) is 0.0732. The Morgan fingerprint density at radius 2 is 0.717 bits per heavy atom. The maximum atomic E-state index is 17.2. The molecule has 2 aliphatic heterocycles. The van der Waals surface area contributed by atoms with E-state index in [2.05, 4.69) is 0 Å². The van der Waals surface area contributed by atoms with Crippen molar-refractivity contribution < 1.29 is 70.4 Å². The van der Waals surface area contributed by atoms with E-state index in [-0.39, 0.29) is 10.7 Å². The average Bonchev–Trinajstić information content (AvgIpc) is 3.72. The van der Waals surface area contributed by atoms with E-state index in [0.29, 0.717) is 0 Å². The first-order chi connectivity index (χ1) is 28.3. The van der Waals surface area contributed by atoms with E-state index in [1.54, 1.807) is 31.8 Å². The number of rotatable bonds is 6. The number of benzene rings is 4. The Labute approximate surface area is 332 Å². The summed E-state index contributed by atoms with van der Waals surface area (Å²) in [6.45, 7) is 4.80. The Kier molecular flexibility index (Phi) is 9.37. The lowest BCUT2D eigenvalue weighted by atomic mass is 9.12. The second kappa shape index (κ2) is 13.8. The van der Waals surface area contributed by atoms with Crippen molar-refractivity contribution in [2.75, 3.05) is 0 Å². The number of pyridine rings is 2. The quantitative estimate of drug-likeness (QED) is 0.0696. The molecule has 0 bridgehead atoms. The van der Waals surface area contributed by atoms with Crippen LogP contribution in [0.2, 0.25) is 19.6 Å². The van der Waals surface area contributed by atoms with Crippen LogP contribution < -0.4 is 25.3 Å². The molecule has 4 aromatic carbocycles. The van der Waals surface area contributed by atoms with Gasteiger partial charge in [0.1, 0.15) is 60.0 Å². The molecule has 8 rings (SSSR count). The third-order valence-electron chi connectivity index (χ3n) is 11.6. The van der Waals surface area contributed by atoms with Crippen molar-refractivity contribution in [3.63, 3.8) is 0 Å². The summed E-state index contributed by atoms with van der Waals surface area (Å²) in [5.74, 6) is -39.4. The Hall–Kier alpha value is -5.97. The molecular weight excluding hydrogens is 836 g/mol. The first kappa shape index (κ1) is 40.8. The van der Waals surface area contributed by atoms with Gasteiger partial charge in [0.15, 0.2) is 52.4 Å². The van der Waals surface area contributed by atoms with Gasteiger partial charge in [0.2, 0.25) is 0 Å². The van der Waals surface area contributed by atoms with E-state index in [1.807, 2.05) is 0 Å². The molecule has 2 aromatic heterocycles. The monoisotopic (exact) mass is 860 g/mol. The zero-order chi connectivity index (χ0) is 43.5. The number of hydrogen-bond donors (Lipinski definition) is 0. The summed E-state index contributed by atoms with van der Waals surface area (Å²) in [6, 6.07) is 15.8. The molecule has 2 nitrogen and oxygen atoms in total. The minimum absolute atomic E-state index is 0.0780. The summed E-state index contributed by atoms with van der Waals surface area (Å²) in [4.78, 5) is 0. The van der Waals surface area contributed by atoms with Crippen molar-refractivity contribution in [3.8, 4) is 0 Å². The lowest BCUT2D eigenvalue weighted by Crippen LogP contribution is -2.85. The normalized spacial score (nSPS) is 15.6. The molecule has 0 radical (unpaired) electrons. The molecule has 0 unspecified atom stereocenters. The Balaban J connectivity index is 1.89. The van der Waals surface area contributed by atoms with Crippen LogP contribution in [0.25, 0.3) is 11.0 Å². The van der Waals surface area contributed by atoms with Gasteiger partial charge in [0.25, 0.3) is 0 Å². The smallest absolute Gasteiger partial charge is 0.353 e. The summed E-state index contributed by atoms with van der Waals surface area (Å²) in [7, 11) is -3.57.